The van der Waals surface area contributed by atoms with Gasteiger partial charge in [-0.3, -0.25) is 4.79 Å². The van der Waals surface area contributed by atoms with Crippen molar-refractivity contribution in [1.29, 1.82) is 0 Å². The maximum Gasteiger partial charge on any atom is 0.268 e. The van der Waals surface area contributed by atoms with Gasteiger partial charge in [0.1, 0.15) is 18.1 Å². The second-order valence-corrected chi connectivity index (χ2v) is 13.5. The summed E-state index contributed by atoms with van der Waals surface area (Å²) in [6.45, 7) is 7.41. The lowest BCUT2D eigenvalue weighted by Crippen LogP contribution is -2.41. The number of hydrogen-bond donors (Lipinski definition) is 1. The topological polar surface area (TPSA) is 136 Å². The monoisotopic (exact) mass is 602 g/mol. The van der Waals surface area contributed by atoms with E-state index in [1.165, 1.54) is 35.0 Å². The largest absolute Gasteiger partial charge is 0.476 e. The molecule has 5 rings (SSSR count). The number of anilines is 1. The van der Waals surface area contributed by atoms with Crippen LogP contribution in [0.2, 0.25) is 0 Å². The number of rotatable bonds is 10. The molecule has 1 saturated heterocycles. The Morgan fingerprint density at radius 1 is 1.21 bits per heavy atom. The Balaban J connectivity index is 1.45. The van der Waals surface area contributed by atoms with E-state index in [4.69, 9.17) is 9.72 Å². The molecule has 3 heterocycles. The molecule has 0 unspecified atom stereocenters. The normalized spacial score (nSPS) is 19.4. The molecular weight excluding hydrogens is 570 g/mol. The van der Waals surface area contributed by atoms with Crippen LogP contribution in [0.5, 0.6) is 5.88 Å². The lowest BCUT2D eigenvalue weighted by molar-refractivity contribution is -0.0712. The van der Waals surface area contributed by atoms with E-state index < -0.39 is 32.8 Å². The smallest absolute Gasteiger partial charge is 0.268 e. The van der Waals surface area contributed by atoms with Crippen LogP contribution in [0, 0.1) is 16.2 Å². The number of nitrogens with one attached hydrogen (secondary N) is 1. The number of carbonyl (C=O) groups excluding carboxylic acids is 1. The van der Waals surface area contributed by atoms with Crippen LogP contribution in [0.4, 0.5) is 20.3 Å². The van der Waals surface area contributed by atoms with Gasteiger partial charge < -0.3 is 9.64 Å². The summed E-state index contributed by atoms with van der Waals surface area (Å²) in [4.78, 5) is 30.7. The van der Waals surface area contributed by atoms with Gasteiger partial charge in [0, 0.05) is 31.3 Å². The number of carbonyl (C=O) groups is 1. The molecule has 1 atom stereocenters. The molecular formula is C28H32F2N6O5S. The Bertz CT molecular complexity index is 1630. The van der Waals surface area contributed by atoms with Gasteiger partial charge in [-0.25, -0.2) is 31.6 Å². The van der Waals surface area contributed by atoms with Crippen LogP contribution in [-0.4, -0.2) is 53.7 Å². The molecule has 14 heteroatoms. The van der Waals surface area contributed by atoms with Crippen LogP contribution in [-0.2, 0) is 10.0 Å². The van der Waals surface area contributed by atoms with E-state index in [0.29, 0.717) is 25.2 Å². The number of nitrogens with zero attached hydrogens (tertiary/aromatic N) is 5. The van der Waals surface area contributed by atoms with E-state index in [9.17, 15) is 26.9 Å². The summed E-state index contributed by atoms with van der Waals surface area (Å²) in [5, 5.41) is 7.09. The minimum atomic E-state index is -4.34. The number of aromatic nitrogens is 3. The van der Waals surface area contributed by atoms with Gasteiger partial charge in [-0.1, -0.05) is 13.0 Å². The van der Waals surface area contributed by atoms with E-state index in [-0.39, 0.29) is 40.4 Å². The van der Waals surface area contributed by atoms with Crippen LogP contribution in [0.3, 0.4) is 0 Å². The van der Waals surface area contributed by atoms with Crippen molar-refractivity contribution in [3.63, 3.8) is 0 Å². The molecule has 11 nitrogen and oxygen atoms in total. The Hall–Kier alpha value is -3.94. The Morgan fingerprint density at radius 2 is 1.95 bits per heavy atom. The number of ether oxygens (including phenoxy) is 1. The maximum absolute atomic E-state index is 13.9. The number of pyridine rings is 1. The number of amides is 1. The molecule has 1 N–H and O–H groups in total. The summed E-state index contributed by atoms with van der Waals surface area (Å²) in [6, 6.07) is 9.54. The number of alkyl halides is 2. The lowest BCUT2D eigenvalue weighted by atomic mass is 9.97. The minimum absolute atomic E-state index is 0.0265. The highest BCUT2D eigenvalue weighted by atomic mass is 32.2. The molecule has 224 valence electrons. The Morgan fingerprint density at radius 3 is 2.57 bits per heavy atom. The van der Waals surface area contributed by atoms with Crippen LogP contribution in [0.25, 0.3) is 5.82 Å². The summed E-state index contributed by atoms with van der Waals surface area (Å²) in [5.41, 5.74) is -1.65. The molecule has 1 aliphatic heterocycles. The standard InChI is InChI=1S/C28H32F2N6O5S/c1-18-15-26(2,3)35(16-18)24-21(25(37)34-42(39,40)20-7-5-6-19(14-20)33-38)8-9-22(31-24)36-13-10-23(32-36)41-17-28(11-12-28)27(4,29)30/h5-10,13-14,18H,11-12,15-17H2,1-4H3,(H,34,37)/t18-/m0/s1. The van der Waals surface area contributed by atoms with E-state index in [0.717, 1.165) is 19.4 Å². The number of nitroso groups, excluding NO2 is 1. The van der Waals surface area contributed by atoms with Crippen molar-refractivity contribution in [2.75, 3.05) is 18.1 Å². The summed E-state index contributed by atoms with van der Waals surface area (Å²) < 4.78 is 63.0. The number of sulfonamides is 1. The quantitative estimate of drug-likeness (QED) is 0.312. The second-order valence-electron chi connectivity index (χ2n) is 11.9. The number of halogens is 2. The van der Waals surface area contributed by atoms with Crippen molar-refractivity contribution in [3.8, 4) is 11.7 Å². The first-order valence-electron chi connectivity index (χ1n) is 13.5. The molecule has 1 aliphatic carbocycles. The molecule has 3 aromatic rings. The van der Waals surface area contributed by atoms with Gasteiger partial charge in [0.2, 0.25) is 5.88 Å². The Labute approximate surface area is 242 Å². The molecule has 1 amide bonds. The molecule has 0 spiro atoms. The maximum atomic E-state index is 13.9. The van der Waals surface area contributed by atoms with Crippen LogP contribution < -0.4 is 14.4 Å². The first kappa shape index (κ1) is 29.5. The van der Waals surface area contributed by atoms with Gasteiger partial charge >= 0.3 is 0 Å². The van der Waals surface area contributed by atoms with Crippen molar-refractivity contribution in [2.45, 2.75) is 63.3 Å². The molecule has 0 radical (unpaired) electrons. The van der Waals surface area contributed by atoms with E-state index >= 15 is 0 Å². The summed E-state index contributed by atoms with van der Waals surface area (Å²) in [5.74, 6) is -2.74. The SMILES string of the molecule is C[C@@H]1CN(c2nc(-n3ccc(OCC4(C(C)(F)F)CC4)n3)ccc2C(=O)NS(=O)(=O)c2cccc(N=O)c2)C(C)(C)C1. The van der Waals surface area contributed by atoms with E-state index in [2.05, 4.69) is 21.9 Å². The molecule has 2 aliphatic rings. The van der Waals surface area contributed by atoms with Gasteiger partial charge in [0.15, 0.2) is 5.82 Å². The van der Waals surface area contributed by atoms with Gasteiger partial charge in [-0.15, -0.1) is 10.0 Å². The fourth-order valence-electron chi connectivity index (χ4n) is 5.44. The van der Waals surface area contributed by atoms with Crippen molar-refractivity contribution in [1.82, 2.24) is 19.5 Å². The van der Waals surface area contributed by atoms with Crippen molar-refractivity contribution >= 4 is 27.4 Å². The Kier molecular flexibility index (Phi) is 7.32. The highest BCUT2D eigenvalue weighted by Gasteiger charge is 2.59. The summed E-state index contributed by atoms with van der Waals surface area (Å²) >= 11 is 0. The predicted molar refractivity (Wildman–Crippen MR) is 151 cm³/mol. The van der Waals surface area contributed by atoms with Gasteiger partial charge in [-0.05, 0) is 74.5 Å². The lowest BCUT2D eigenvalue weighted by Gasteiger charge is -2.34. The molecule has 1 saturated carbocycles. The molecule has 2 fully saturated rings. The van der Waals surface area contributed by atoms with Crippen LogP contribution >= 0.6 is 0 Å². The van der Waals surface area contributed by atoms with Crippen molar-refractivity contribution in [3.05, 3.63) is 59.1 Å². The van der Waals surface area contributed by atoms with Crippen molar-refractivity contribution < 1.29 is 26.7 Å². The highest BCUT2D eigenvalue weighted by Crippen LogP contribution is 2.56. The van der Waals surface area contributed by atoms with Gasteiger partial charge in [0.25, 0.3) is 21.9 Å². The summed E-state index contributed by atoms with van der Waals surface area (Å²) in [6.07, 6.45) is 3.14. The van der Waals surface area contributed by atoms with Crippen LogP contribution in [0.1, 0.15) is 57.3 Å². The number of hydrogen-bond acceptors (Lipinski definition) is 9. The zero-order chi connectivity index (χ0) is 30.5. The van der Waals surface area contributed by atoms with E-state index in [1.54, 1.807) is 12.3 Å². The minimum Gasteiger partial charge on any atom is -0.476 e. The number of benzene rings is 1. The molecule has 42 heavy (non-hydrogen) atoms. The first-order valence-corrected chi connectivity index (χ1v) is 15.0. The fraction of sp³-hybridized carbons (Fsp3) is 0.464. The molecule has 0 bridgehead atoms. The average molecular weight is 603 g/mol. The average Bonchev–Trinajstić information content (AvgIpc) is 3.50. The third-order valence-corrected chi connectivity index (χ3v) is 9.30. The van der Waals surface area contributed by atoms with Crippen LogP contribution in [0.15, 0.2) is 58.7 Å². The van der Waals surface area contributed by atoms with Gasteiger partial charge in [-0.2, -0.15) is 0 Å². The highest BCUT2D eigenvalue weighted by molar-refractivity contribution is 7.90. The second kappa shape index (κ2) is 10.4. The third kappa shape index (κ3) is 5.72. The van der Waals surface area contributed by atoms with Crippen molar-refractivity contribution in [2.24, 2.45) is 16.5 Å². The van der Waals surface area contributed by atoms with E-state index in [1.807, 2.05) is 18.7 Å². The predicted octanol–water partition coefficient (Wildman–Crippen LogP) is 5.22. The zero-order valence-electron chi connectivity index (χ0n) is 23.7. The molecule has 2 aromatic heterocycles. The summed E-state index contributed by atoms with van der Waals surface area (Å²) in [7, 11) is -4.34. The zero-order valence-corrected chi connectivity index (χ0v) is 24.5. The fourth-order valence-corrected chi connectivity index (χ4v) is 6.44. The molecule has 1 aromatic carbocycles. The first-order chi connectivity index (χ1) is 19.6. The van der Waals surface area contributed by atoms with Gasteiger partial charge in [0.05, 0.1) is 15.9 Å². The third-order valence-electron chi connectivity index (χ3n) is 7.97.